The van der Waals surface area contributed by atoms with Crippen molar-refractivity contribution in [1.82, 2.24) is 9.21 Å². The maximum Gasteiger partial charge on any atom is 0.214 e. The van der Waals surface area contributed by atoms with Crippen LogP contribution in [0.4, 0.5) is 0 Å². The van der Waals surface area contributed by atoms with Gasteiger partial charge in [0.25, 0.3) is 0 Å². The van der Waals surface area contributed by atoms with E-state index in [9.17, 15) is 8.42 Å². The highest BCUT2D eigenvalue weighted by atomic mass is 35.5. The van der Waals surface area contributed by atoms with E-state index in [4.69, 9.17) is 11.6 Å². The zero-order chi connectivity index (χ0) is 14.5. The maximum absolute atomic E-state index is 12.5. The molecule has 6 heteroatoms. The number of rotatable bonds is 8. The Balaban J connectivity index is 2.75. The summed E-state index contributed by atoms with van der Waals surface area (Å²) < 4.78 is 26.8. The Bertz CT molecular complexity index is 354. The Morgan fingerprint density at radius 3 is 2.26 bits per heavy atom. The Hall–Kier alpha value is 0.160. The second-order valence-corrected chi connectivity index (χ2v) is 8.17. The highest BCUT2D eigenvalue weighted by Crippen LogP contribution is 2.26. The van der Waals surface area contributed by atoms with Crippen LogP contribution in [0.5, 0.6) is 0 Å². The van der Waals surface area contributed by atoms with Crippen LogP contribution in [-0.2, 0) is 10.0 Å². The van der Waals surface area contributed by atoms with Crippen molar-refractivity contribution in [2.75, 3.05) is 38.8 Å². The van der Waals surface area contributed by atoms with Crippen LogP contribution < -0.4 is 0 Å². The zero-order valence-corrected chi connectivity index (χ0v) is 13.9. The maximum atomic E-state index is 12.5. The lowest BCUT2D eigenvalue weighted by Gasteiger charge is -2.30. The molecule has 0 spiro atoms. The van der Waals surface area contributed by atoms with Crippen LogP contribution in [-0.4, -0.2) is 62.5 Å². The molecule has 0 aliphatic heterocycles. The van der Waals surface area contributed by atoms with Gasteiger partial charge < -0.3 is 4.90 Å². The first-order valence-corrected chi connectivity index (χ1v) is 9.21. The van der Waals surface area contributed by atoms with Gasteiger partial charge in [-0.25, -0.2) is 8.42 Å². The molecule has 0 N–H and O–H groups in total. The molecule has 0 radical (unpaired) electrons. The predicted octanol–water partition coefficient (Wildman–Crippen LogP) is 2.00. The van der Waals surface area contributed by atoms with E-state index < -0.39 is 10.0 Å². The summed E-state index contributed by atoms with van der Waals surface area (Å²) in [5.74, 6) is 0.571. The standard InChI is InChI=1S/C13H27ClN2O2S/c1-12(10-14)11-19(17,18)16(9-8-15(2)3)13-6-4-5-7-13/h12-13H,4-11H2,1-3H3. The lowest BCUT2D eigenvalue weighted by atomic mass is 10.2. The number of nitrogens with zero attached hydrogens (tertiary/aromatic N) is 2. The minimum Gasteiger partial charge on any atom is -0.308 e. The van der Waals surface area contributed by atoms with E-state index in [1.165, 1.54) is 0 Å². The molecule has 1 saturated carbocycles. The van der Waals surface area contributed by atoms with Crippen molar-refractivity contribution in [3.8, 4) is 0 Å². The number of hydrogen-bond acceptors (Lipinski definition) is 3. The molecule has 4 nitrogen and oxygen atoms in total. The molecule has 0 aromatic rings. The molecule has 0 aromatic heterocycles. The van der Waals surface area contributed by atoms with E-state index in [2.05, 4.69) is 0 Å². The average Bonchev–Trinajstić information content (AvgIpc) is 2.81. The molecule has 0 amide bonds. The largest absolute Gasteiger partial charge is 0.308 e. The van der Waals surface area contributed by atoms with Crippen LogP contribution in [0.3, 0.4) is 0 Å². The molecular formula is C13H27ClN2O2S. The number of halogens is 1. The molecule has 0 bridgehead atoms. The first kappa shape index (κ1) is 17.2. The third-order valence-electron chi connectivity index (χ3n) is 3.62. The van der Waals surface area contributed by atoms with Gasteiger partial charge in [0.15, 0.2) is 0 Å². The van der Waals surface area contributed by atoms with Gasteiger partial charge in [0.1, 0.15) is 0 Å². The van der Waals surface area contributed by atoms with Crippen LogP contribution in [0.15, 0.2) is 0 Å². The minimum atomic E-state index is -3.19. The van der Waals surface area contributed by atoms with E-state index in [-0.39, 0.29) is 17.7 Å². The van der Waals surface area contributed by atoms with Crippen LogP contribution >= 0.6 is 11.6 Å². The summed E-state index contributed by atoms with van der Waals surface area (Å²) in [6.07, 6.45) is 4.29. The van der Waals surface area contributed by atoms with Crippen molar-refractivity contribution >= 4 is 21.6 Å². The molecule has 0 heterocycles. The van der Waals surface area contributed by atoms with Gasteiger partial charge in [0.2, 0.25) is 10.0 Å². The second kappa shape index (κ2) is 7.81. The van der Waals surface area contributed by atoms with Crippen LogP contribution in [0.2, 0.25) is 0 Å². The SMILES string of the molecule is CC(CCl)CS(=O)(=O)N(CCN(C)C)C1CCCC1. The fourth-order valence-electron chi connectivity index (χ4n) is 2.54. The minimum absolute atomic E-state index is 0.00919. The predicted molar refractivity (Wildman–Crippen MR) is 81.2 cm³/mol. The summed E-state index contributed by atoms with van der Waals surface area (Å²) in [5, 5.41) is 0. The summed E-state index contributed by atoms with van der Waals surface area (Å²) in [6, 6.07) is 0.201. The van der Waals surface area contributed by atoms with Crippen molar-refractivity contribution in [1.29, 1.82) is 0 Å². The third-order valence-corrected chi connectivity index (χ3v) is 6.33. The van der Waals surface area contributed by atoms with E-state index in [1.54, 1.807) is 4.31 Å². The van der Waals surface area contributed by atoms with Gasteiger partial charge in [-0.1, -0.05) is 19.8 Å². The highest BCUT2D eigenvalue weighted by molar-refractivity contribution is 7.89. The number of alkyl halides is 1. The van der Waals surface area contributed by atoms with Gasteiger partial charge in [-0.3, -0.25) is 0 Å². The smallest absolute Gasteiger partial charge is 0.214 e. The normalized spacial score (nSPS) is 19.5. The number of hydrogen-bond donors (Lipinski definition) is 0. The van der Waals surface area contributed by atoms with E-state index >= 15 is 0 Å². The van der Waals surface area contributed by atoms with Crippen LogP contribution in [0, 0.1) is 5.92 Å². The molecule has 1 rings (SSSR count). The molecule has 1 atom stereocenters. The van der Waals surface area contributed by atoms with E-state index in [0.717, 1.165) is 32.2 Å². The average molecular weight is 311 g/mol. The lowest BCUT2D eigenvalue weighted by Crippen LogP contribution is -2.44. The van der Waals surface area contributed by atoms with Gasteiger partial charge >= 0.3 is 0 Å². The quantitative estimate of drug-likeness (QED) is 0.644. The monoisotopic (exact) mass is 310 g/mol. The van der Waals surface area contributed by atoms with Crippen molar-refractivity contribution in [2.45, 2.75) is 38.6 Å². The van der Waals surface area contributed by atoms with Crippen molar-refractivity contribution < 1.29 is 8.42 Å². The summed E-state index contributed by atoms with van der Waals surface area (Å²) in [7, 11) is 0.756. The molecule has 1 unspecified atom stereocenters. The molecule has 114 valence electrons. The van der Waals surface area contributed by atoms with Crippen molar-refractivity contribution in [3.05, 3.63) is 0 Å². The molecular weight excluding hydrogens is 284 g/mol. The Morgan fingerprint density at radius 1 is 1.21 bits per heavy atom. The van der Waals surface area contributed by atoms with Gasteiger partial charge in [0, 0.05) is 25.0 Å². The fourth-order valence-corrected chi connectivity index (χ4v) is 4.83. The molecule has 1 aliphatic rings. The van der Waals surface area contributed by atoms with E-state index in [1.807, 2.05) is 25.9 Å². The third kappa shape index (κ3) is 5.58. The Kier molecular flexibility index (Phi) is 7.08. The molecule has 1 aliphatic carbocycles. The van der Waals surface area contributed by atoms with Gasteiger partial charge in [-0.2, -0.15) is 4.31 Å². The fraction of sp³-hybridized carbons (Fsp3) is 1.00. The number of sulfonamides is 1. The highest BCUT2D eigenvalue weighted by Gasteiger charge is 2.32. The molecule has 0 saturated heterocycles. The molecule has 1 fully saturated rings. The Morgan fingerprint density at radius 2 is 1.79 bits per heavy atom. The van der Waals surface area contributed by atoms with Crippen molar-refractivity contribution in [2.24, 2.45) is 5.92 Å². The van der Waals surface area contributed by atoms with Crippen LogP contribution in [0.25, 0.3) is 0 Å². The lowest BCUT2D eigenvalue weighted by molar-refractivity contribution is 0.281. The second-order valence-electron chi connectivity index (χ2n) is 5.89. The summed E-state index contributed by atoms with van der Waals surface area (Å²) in [5.41, 5.74) is 0. The first-order chi connectivity index (χ1) is 8.86. The topological polar surface area (TPSA) is 40.6 Å². The molecule has 0 aromatic carbocycles. The summed E-state index contributed by atoms with van der Waals surface area (Å²) >= 11 is 5.76. The van der Waals surface area contributed by atoms with Gasteiger partial charge in [-0.05, 0) is 32.9 Å². The first-order valence-electron chi connectivity index (χ1n) is 7.07. The zero-order valence-electron chi connectivity index (χ0n) is 12.3. The summed E-state index contributed by atoms with van der Waals surface area (Å²) in [6.45, 7) is 3.25. The molecule has 19 heavy (non-hydrogen) atoms. The number of likely N-dealkylation sites (N-methyl/N-ethyl adjacent to an activating group) is 1. The van der Waals surface area contributed by atoms with E-state index in [0.29, 0.717) is 12.4 Å². The van der Waals surface area contributed by atoms with Crippen molar-refractivity contribution in [3.63, 3.8) is 0 Å². The van der Waals surface area contributed by atoms with Gasteiger partial charge in [0.05, 0.1) is 5.75 Å². The summed E-state index contributed by atoms with van der Waals surface area (Å²) in [4.78, 5) is 2.03. The van der Waals surface area contributed by atoms with Gasteiger partial charge in [-0.15, -0.1) is 11.6 Å². The van der Waals surface area contributed by atoms with Crippen LogP contribution in [0.1, 0.15) is 32.6 Å². The Labute approximate surface area is 123 Å².